The molecule has 0 spiro atoms. The quantitative estimate of drug-likeness (QED) is 0.534. The van der Waals surface area contributed by atoms with Crippen molar-refractivity contribution in [2.45, 2.75) is 85.7 Å². The van der Waals surface area contributed by atoms with E-state index in [2.05, 4.69) is 34.6 Å². The van der Waals surface area contributed by atoms with Gasteiger partial charge in [-0.3, -0.25) is 5.26 Å². The predicted molar refractivity (Wildman–Crippen MR) is 86.0 cm³/mol. The summed E-state index contributed by atoms with van der Waals surface area (Å²) in [5.74, 6) is 2.83. The Morgan fingerprint density at radius 3 is 1.76 bits per heavy atom. The molecule has 0 aliphatic heterocycles. The van der Waals surface area contributed by atoms with Gasteiger partial charge in [0, 0.05) is 5.41 Å². The number of hydrogen-bond donors (Lipinski definition) is 1. The molecule has 122 valence electrons. The van der Waals surface area contributed by atoms with E-state index >= 15 is 0 Å². The van der Waals surface area contributed by atoms with Gasteiger partial charge in [0.1, 0.15) is 6.10 Å². The van der Waals surface area contributed by atoms with E-state index in [1.165, 1.54) is 38.5 Å². The molecule has 1 atom stereocenters. The van der Waals surface area contributed by atoms with Crippen LogP contribution in [-0.4, -0.2) is 11.4 Å². The molecule has 4 saturated carbocycles. The molecular formula is C19H34O2. The van der Waals surface area contributed by atoms with Gasteiger partial charge < -0.3 is 0 Å². The van der Waals surface area contributed by atoms with Crippen LogP contribution in [0.4, 0.5) is 0 Å². The zero-order valence-corrected chi connectivity index (χ0v) is 14.6. The van der Waals surface area contributed by atoms with E-state index in [1.807, 2.05) is 0 Å². The molecule has 0 aromatic rings. The maximum absolute atomic E-state index is 9.73. The summed E-state index contributed by atoms with van der Waals surface area (Å²) in [5, 5.41) is 9.73. The molecule has 21 heavy (non-hydrogen) atoms. The molecule has 4 fully saturated rings. The van der Waals surface area contributed by atoms with Gasteiger partial charge in [-0.25, -0.2) is 4.89 Å². The first-order valence-electron chi connectivity index (χ1n) is 9.04. The summed E-state index contributed by atoms with van der Waals surface area (Å²) >= 11 is 0. The first kappa shape index (κ1) is 15.8. The number of rotatable bonds is 5. The van der Waals surface area contributed by atoms with Crippen LogP contribution in [0.25, 0.3) is 0 Å². The second-order valence-electron chi connectivity index (χ2n) is 9.75. The fraction of sp³-hybridized carbons (Fsp3) is 1.00. The molecule has 0 heterocycles. The smallest absolute Gasteiger partial charge is 0.103 e. The monoisotopic (exact) mass is 294 g/mol. The normalized spacial score (nSPS) is 40.6. The Morgan fingerprint density at radius 2 is 1.43 bits per heavy atom. The summed E-state index contributed by atoms with van der Waals surface area (Å²) in [7, 11) is 0. The second kappa shape index (κ2) is 4.96. The van der Waals surface area contributed by atoms with Crippen molar-refractivity contribution in [3.05, 3.63) is 0 Å². The lowest BCUT2D eigenvalue weighted by Crippen LogP contribution is -2.59. The highest BCUT2D eigenvalue weighted by Crippen LogP contribution is 2.68. The van der Waals surface area contributed by atoms with E-state index in [4.69, 9.17) is 4.89 Å². The second-order valence-corrected chi connectivity index (χ2v) is 9.75. The van der Waals surface area contributed by atoms with Crippen LogP contribution in [-0.2, 0) is 4.89 Å². The molecular weight excluding hydrogens is 260 g/mol. The molecule has 4 aliphatic rings. The largest absolute Gasteiger partial charge is 0.251 e. The fourth-order valence-corrected chi connectivity index (χ4v) is 6.61. The van der Waals surface area contributed by atoms with Crippen LogP contribution in [0.15, 0.2) is 0 Å². The first-order valence-corrected chi connectivity index (χ1v) is 9.04. The van der Waals surface area contributed by atoms with Gasteiger partial charge in [0.25, 0.3) is 0 Å². The molecule has 1 unspecified atom stereocenters. The van der Waals surface area contributed by atoms with Crippen LogP contribution in [0.1, 0.15) is 79.6 Å². The van der Waals surface area contributed by atoms with Gasteiger partial charge in [0.15, 0.2) is 0 Å². The van der Waals surface area contributed by atoms with Gasteiger partial charge >= 0.3 is 0 Å². The standard InChI is InChI=1S/C19H34O2/c1-6-17(2,3)16(21-20)18(4,5)19-10-13-7-14(11-19)9-15(8-13)12-19/h13-16,20H,6-12H2,1-5H3. The third-order valence-electron chi connectivity index (χ3n) is 7.79. The van der Waals surface area contributed by atoms with Gasteiger partial charge in [-0.2, -0.15) is 0 Å². The van der Waals surface area contributed by atoms with Crippen LogP contribution >= 0.6 is 0 Å². The van der Waals surface area contributed by atoms with Crippen molar-refractivity contribution in [3.8, 4) is 0 Å². The van der Waals surface area contributed by atoms with Crippen LogP contribution < -0.4 is 0 Å². The van der Waals surface area contributed by atoms with E-state index in [1.54, 1.807) is 0 Å². The van der Waals surface area contributed by atoms with Gasteiger partial charge in [0.2, 0.25) is 0 Å². The summed E-state index contributed by atoms with van der Waals surface area (Å²) in [6.07, 6.45) is 9.47. The Hall–Kier alpha value is -0.0800. The SMILES string of the molecule is CCC(C)(C)C(OO)C(C)(C)C12CC3CC(CC(C3)C1)C2. The maximum atomic E-state index is 9.73. The maximum Gasteiger partial charge on any atom is 0.103 e. The van der Waals surface area contributed by atoms with Gasteiger partial charge in [0.05, 0.1) is 0 Å². The minimum absolute atomic E-state index is 0.0155. The number of hydrogen-bond acceptors (Lipinski definition) is 2. The molecule has 0 aromatic carbocycles. The van der Waals surface area contributed by atoms with E-state index in [9.17, 15) is 5.26 Å². The predicted octanol–water partition coefficient (Wildman–Crippen LogP) is 5.52. The summed E-state index contributed by atoms with van der Waals surface area (Å²) in [6.45, 7) is 11.4. The van der Waals surface area contributed by atoms with E-state index in [-0.39, 0.29) is 16.9 Å². The molecule has 2 heteroatoms. The van der Waals surface area contributed by atoms with E-state index in [0.29, 0.717) is 5.41 Å². The summed E-state index contributed by atoms with van der Waals surface area (Å²) < 4.78 is 0. The molecule has 0 aromatic heterocycles. The topological polar surface area (TPSA) is 29.5 Å². The lowest BCUT2D eigenvalue weighted by molar-refractivity contribution is -0.345. The lowest BCUT2D eigenvalue weighted by atomic mass is 9.41. The minimum Gasteiger partial charge on any atom is -0.251 e. The Balaban J connectivity index is 1.93. The molecule has 0 saturated heterocycles. The van der Waals surface area contributed by atoms with Crippen LogP contribution in [0.3, 0.4) is 0 Å². The van der Waals surface area contributed by atoms with Crippen LogP contribution in [0, 0.1) is 34.0 Å². The van der Waals surface area contributed by atoms with Crippen LogP contribution in [0.2, 0.25) is 0 Å². The highest BCUT2D eigenvalue weighted by Gasteiger charge is 2.61. The fourth-order valence-electron chi connectivity index (χ4n) is 6.61. The Kier molecular flexibility index (Phi) is 3.73. The Labute approximate surface area is 130 Å². The minimum atomic E-state index is -0.0775. The van der Waals surface area contributed by atoms with Crippen molar-refractivity contribution >= 4 is 0 Å². The Morgan fingerprint density at radius 1 is 1.00 bits per heavy atom. The van der Waals surface area contributed by atoms with Crippen molar-refractivity contribution in [2.75, 3.05) is 0 Å². The molecule has 0 radical (unpaired) electrons. The average molecular weight is 294 g/mol. The molecule has 4 bridgehead atoms. The summed E-state index contributed by atoms with van der Waals surface area (Å²) in [6, 6.07) is 0. The first-order chi connectivity index (χ1) is 9.74. The molecule has 0 amide bonds. The molecule has 4 rings (SSSR count). The third kappa shape index (κ3) is 2.28. The van der Waals surface area contributed by atoms with Crippen molar-refractivity contribution in [3.63, 3.8) is 0 Å². The van der Waals surface area contributed by atoms with E-state index in [0.717, 1.165) is 24.2 Å². The van der Waals surface area contributed by atoms with E-state index < -0.39 is 0 Å². The molecule has 1 N–H and O–H groups in total. The zero-order chi connectivity index (χ0) is 15.5. The van der Waals surface area contributed by atoms with Gasteiger partial charge in [-0.05, 0) is 73.5 Å². The van der Waals surface area contributed by atoms with Gasteiger partial charge in [-0.15, -0.1) is 0 Å². The molecule has 2 nitrogen and oxygen atoms in total. The van der Waals surface area contributed by atoms with Crippen molar-refractivity contribution in [1.82, 2.24) is 0 Å². The third-order valence-corrected chi connectivity index (χ3v) is 7.79. The average Bonchev–Trinajstić information content (AvgIpc) is 2.37. The van der Waals surface area contributed by atoms with Gasteiger partial charge in [-0.1, -0.05) is 34.6 Å². The summed E-state index contributed by atoms with van der Waals surface area (Å²) in [4.78, 5) is 5.16. The van der Waals surface area contributed by atoms with Crippen molar-refractivity contribution in [2.24, 2.45) is 34.0 Å². The Bertz CT molecular complexity index is 361. The van der Waals surface area contributed by atoms with Crippen molar-refractivity contribution < 1.29 is 10.1 Å². The highest BCUT2D eigenvalue weighted by molar-refractivity contribution is 5.10. The highest BCUT2D eigenvalue weighted by atomic mass is 17.1. The summed E-state index contributed by atoms with van der Waals surface area (Å²) in [5.41, 5.74) is 0.445. The lowest BCUT2D eigenvalue weighted by Gasteiger charge is -2.64. The van der Waals surface area contributed by atoms with Crippen molar-refractivity contribution in [1.29, 1.82) is 0 Å². The zero-order valence-electron chi connectivity index (χ0n) is 14.6. The molecule has 4 aliphatic carbocycles. The van der Waals surface area contributed by atoms with Crippen LogP contribution in [0.5, 0.6) is 0 Å².